The van der Waals surface area contributed by atoms with E-state index in [1.165, 1.54) is 19.3 Å². The van der Waals surface area contributed by atoms with Crippen LogP contribution in [0, 0.1) is 0 Å². The van der Waals surface area contributed by atoms with Crippen LogP contribution in [0.5, 0.6) is 5.75 Å². The lowest BCUT2D eigenvalue weighted by Crippen LogP contribution is -2.53. The Kier molecular flexibility index (Phi) is 11.6. The molecule has 0 saturated carbocycles. The maximum absolute atomic E-state index is 13.3. The number of ether oxygens (including phenoxy) is 1. The van der Waals surface area contributed by atoms with Gasteiger partial charge in [0, 0.05) is 24.0 Å². The molecule has 1 aliphatic rings. The predicted molar refractivity (Wildman–Crippen MR) is 162 cm³/mol. The van der Waals surface area contributed by atoms with Gasteiger partial charge in [-0.05, 0) is 73.3 Å². The fourth-order valence-electron chi connectivity index (χ4n) is 4.80. The largest absolute Gasteiger partial charge is 0.489 e. The Labute approximate surface area is 245 Å². The molecule has 1 saturated heterocycles. The third-order valence-corrected chi connectivity index (χ3v) is 7.65. The molecule has 0 spiro atoms. The summed E-state index contributed by atoms with van der Waals surface area (Å²) < 4.78 is 6.86. The van der Waals surface area contributed by atoms with Crippen LogP contribution < -0.4 is 21.1 Å². The number of hydrogen-bond donors (Lipinski definition) is 3. The highest BCUT2D eigenvalue weighted by Crippen LogP contribution is 2.16. The minimum atomic E-state index is -0.765. The highest BCUT2D eigenvalue weighted by molar-refractivity contribution is 9.10. The number of piperidine rings is 1. The number of rotatable bonds is 13. The van der Waals surface area contributed by atoms with E-state index < -0.39 is 12.1 Å². The highest BCUT2D eigenvalue weighted by atomic mass is 79.9. The molecule has 8 heteroatoms. The predicted octanol–water partition coefficient (Wildman–Crippen LogP) is 4.23. The van der Waals surface area contributed by atoms with Crippen LogP contribution in [0.2, 0.25) is 0 Å². The molecule has 0 radical (unpaired) electrons. The Morgan fingerprint density at radius 3 is 2.17 bits per heavy atom. The summed E-state index contributed by atoms with van der Waals surface area (Å²) in [6, 6.07) is 23.9. The zero-order valence-electron chi connectivity index (χ0n) is 22.9. The Bertz CT molecular complexity index is 1200. The quantitative estimate of drug-likeness (QED) is 0.271. The van der Waals surface area contributed by atoms with Crippen molar-refractivity contribution in [2.75, 3.05) is 26.2 Å². The molecular formula is C32H39BrN4O3. The summed E-state index contributed by atoms with van der Waals surface area (Å²) in [7, 11) is 0. The van der Waals surface area contributed by atoms with Crippen LogP contribution in [0.15, 0.2) is 83.3 Å². The molecule has 4 rings (SSSR count). The number of benzene rings is 3. The average Bonchev–Trinajstić information content (AvgIpc) is 2.98. The Balaban J connectivity index is 1.36. The van der Waals surface area contributed by atoms with E-state index in [9.17, 15) is 9.59 Å². The van der Waals surface area contributed by atoms with Crippen molar-refractivity contribution in [3.05, 3.63) is 100 Å². The first-order valence-corrected chi connectivity index (χ1v) is 14.8. The number of nitrogens with two attached hydrogens (primary N) is 1. The van der Waals surface area contributed by atoms with Crippen molar-refractivity contribution in [3.8, 4) is 5.75 Å². The second kappa shape index (κ2) is 15.6. The van der Waals surface area contributed by atoms with Crippen molar-refractivity contribution in [1.29, 1.82) is 0 Å². The Morgan fingerprint density at radius 2 is 1.48 bits per heavy atom. The molecule has 2 amide bonds. The van der Waals surface area contributed by atoms with E-state index in [4.69, 9.17) is 10.5 Å². The first kappa shape index (κ1) is 29.8. The zero-order chi connectivity index (χ0) is 28.2. The molecule has 1 heterocycles. The van der Waals surface area contributed by atoms with Gasteiger partial charge in [-0.3, -0.25) is 9.59 Å². The van der Waals surface area contributed by atoms with Crippen LogP contribution in [0.3, 0.4) is 0 Å². The standard InChI is InChI=1S/C32H39BrN4O3/c33-27-13-9-24(10-14-27)21-29(34)31(38)36-30(32(39)35-17-20-37-18-5-2-6-19-37)22-25-11-15-28(16-12-25)40-23-26-7-3-1-4-8-26/h1,3-4,7-16,29-30H,2,5-6,17-23,34H2,(H,35,39)(H,36,38). The Hall–Kier alpha value is -3.20. The molecule has 4 N–H and O–H groups in total. The lowest BCUT2D eigenvalue weighted by atomic mass is 10.0. The van der Waals surface area contributed by atoms with E-state index in [1.807, 2.05) is 78.9 Å². The van der Waals surface area contributed by atoms with Crippen LogP contribution >= 0.6 is 15.9 Å². The van der Waals surface area contributed by atoms with Crippen molar-refractivity contribution >= 4 is 27.7 Å². The molecule has 3 aromatic rings. The van der Waals surface area contributed by atoms with Gasteiger partial charge < -0.3 is 26.0 Å². The summed E-state index contributed by atoms with van der Waals surface area (Å²) in [5.74, 6) is 0.197. The molecule has 0 bridgehead atoms. The SMILES string of the molecule is NC(Cc1ccc(Br)cc1)C(=O)NC(Cc1ccc(OCc2ccccc2)cc1)C(=O)NCCN1CCCCC1. The van der Waals surface area contributed by atoms with E-state index in [2.05, 4.69) is 31.5 Å². The summed E-state index contributed by atoms with van der Waals surface area (Å²) in [6.07, 6.45) is 4.41. The van der Waals surface area contributed by atoms with Crippen molar-refractivity contribution in [3.63, 3.8) is 0 Å². The second-order valence-corrected chi connectivity index (χ2v) is 11.2. The van der Waals surface area contributed by atoms with Crippen molar-refractivity contribution in [1.82, 2.24) is 15.5 Å². The minimum Gasteiger partial charge on any atom is -0.489 e. The topological polar surface area (TPSA) is 96.7 Å². The number of likely N-dealkylation sites (tertiary alicyclic amines) is 1. The molecule has 212 valence electrons. The number of amides is 2. The van der Waals surface area contributed by atoms with E-state index >= 15 is 0 Å². The van der Waals surface area contributed by atoms with Crippen LogP contribution in [-0.2, 0) is 29.0 Å². The fraction of sp³-hybridized carbons (Fsp3) is 0.375. The zero-order valence-corrected chi connectivity index (χ0v) is 24.4. The highest BCUT2D eigenvalue weighted by Gasteiger charge is 2.24. The monoisotopic (exact) mass is 606 g/mol. The van der Waals surface area contributed by atoms with Crippen LogP contribution in [-0.4, -0.2) is 55.0 Å². The van der Waals surface area contributed by atoms with Gasteiger partial charge in [0.25, 0.3) is 0 Å². The summed E-state index contributed by atoms with van der Waals surface area (Å²) in [4.78, 5) is 28.7. The lowest BCUT2D eigenvalue weighted by Gasteiger charge is -2.27. The van der Waals surface area contributed by atoms with Gasteiger partial charge in [0.15, 0.2) is 0 Å². The molecule has 2 unspecified atom stereocenters. The number of carbonyl (C=O) groups excluding carboxylic acids is 2. The molecule has 0 aromatic heterocycles. The lowest BCUT2D eigenvalue weighted by molar-refractivity contribution is -0.129. The molecule has 7 nitrogen and oxygen atoms in total. The summed E-state index contributed by atoms with van der Waals surface area (Å²) in [5, 5.41) is 5.95. The molecule has 0 aliphatic carbocycles. The van der Waals surface area contributed by atoms with Gasteiger partial charge in [0.2, 0.25) is 11.8 Å². The smallest absolute Gasteiger partial charge is 0.242 e. The molecule has 3 aromatic carbocycles. The van der Waals surface area contributed by atoms with E-state index in [-0.39, 0.29) is 11.8 Å². The van der Waals surface area contributed by atoms with Gasteiger partial charge in [-0.2, -0.15) is 0 Å². The second-order valence-electron chi connectivity index (χ2n) is 10.3. The van der Waals surface area contributed by atoms with E-state index in [0.717, 1.165) is 46.5 Å². The molecule has 2 atom stereocenters. The third-order valence-electron chi connectivity index (χ3n) is 7.13. The van der Waals surface area contributed by atoms with Crippen LogP contribution in [0.4, 0.5) is 0 Å². The first-order valence-electron chi connectivity index (χ1n) is 14.0. The molecule has 40 heavy (non-hydrogen) atoms. The molecule has 1 aliphatic heterocycles. The van der Waals surface area contributed by atoms with Gasteiger partial charge in [-0.15, -0.1) is 0 Å². The van der Waals surface area contributed by atoms with Gasteiger partial charge in [0.05, 0.1) is 6.04 Å². The number of nitrogens with one attached hydrogen (secondary N) is 2. The van der Waals surface area contributed by atoms with Crippen molar-refractivity contribution < 1.29 is 14.3 Å². The maximum atomic E-state index is 13.3. The normalized spacial score (nSPS) is 15.2. The minimum absolute atomic E-state index is 0.203. The van der Waals surface area contributed by atoms with Crippen LogP contribution in [0.1, 0.15) is 36.0 Å². The summed E-state index contributed by atoms with van der Waals surface area (Å²) >= 11 is 3.42. The van der Waals surface area contributed by atoms with E-state index in [1.54, 1.807) is 0 Å². The molecular weight excluding hydrogens is 568 g/mol. The van der Waals surface area contributed by atoms with Gasteiger partial charge >= 0.3 is 0 Å². The van der Waals surface area contributed by atoms with Crippen molar-refractivity contribution in [2.24, 2.45) is 5.73 Å². The van der Waals surface area contributed by atoms with Gasteiger partial charge in [-0.25, -0.2) is 0 Å². The summed E-state index contributed by atoms with van der Waals surface area (Å²) in [6.45, 7) is 3.97. The van der Waals surface area contributed by atoms with Gasteiger partial charge in [-0.1, -0.05) is 76.9 Å². The fourth-order valence-corrected chi connectivity index (χ4v) is 5.06. The third kappa shape index (κ3) is 9.77. The van der Waals surface area contributed by atoms with Crippen molar-refractivity contribution in [2.45, 2.75) is 50.8 Å². The number of hydrogen-bond acceptors (Lipinski definition) is 5. The molecule has 1 fully saturated rings. The first-order chi connectivity index (χ1) is 19.5. The number of halogens is 1. The maximum Gasteiger partial charge on any atom is 0.242 e. The van der Waals surface area contributed by atoms with Gasteiger partial charge in [0.1, 0.15) is 18.4 Å². The van der Waals surface area contributed by atoms with Crippen LogP contribution in [0.25, 0.3) is 0 Å². The Morgan fingerprint density at radius 1 is 0.825 bits per heavy atom. The number of nitrogens with zero attached hydrogens (tertiary/aromatic N) is 1. The van der Waals surface area contributed by atoms with E-state index in [0.29, 0.717) is 26.0 Å². The average molecular weight is 608 g/mol. The number of carbonyl (C=O) groups is 2. The summed E-state index contributed by atoms with van der Waals surface area (Å²) in [5.41, 5.74) is 9.22.